The highest BCUT2D eigenvalue weighted by molar-refractivity contribution is 6.02. The third-order valence-corrected chi connectivity index (χ3v) is 6.56. The number of oxazole rings is 1. The summed E-state index contributed by atoms with van der Waals surface area (Å²) in [6.07, 6.45) is 4.85. The second kappa shape index (κ2) is 9.40. The Hall–Kier alpha value is -3.88. The molecule has 0 unspecified atom stereocenters. The molecule has 5 rings (SSSR count). The molecular weight excluding hydrogens is 452 g/mol. The Bertz CT molecular complexity index is 1380. The van der Waals surface area contributed by atoms with Gasteiger partial charge >= 0.3 is 0 Å². The molecule has 0 spiro atoms. The van der Waals surface area contributed by atoms with Crippen LogP contribution in [0, 0.1) is 24.5 Å². The van der Waals surface area contributed by atoms with Gasteiger partial charge in [0.2, 0.25) is 0 Å². The second-order valence-corrected chi connectivity index (χ2v) is 8.88. The van der Waals surface area contributed by atoms with E-state index in [1.807, 2.05) is 0 Å². The van der Waals surface area contributed by atoms with E-state index in [1.165, 1.54) is 30.6 Å². The molecule has 1 amide bonds. The molecular formula is C26H25F2N5O2. The van der Waals surface area contributed by atoms with E-state index < -0.39 is 11.6 Å². The number of fused-ring (bicyclic) bond motifs is 1. The third-order valence-electron chi connectivity index (χ3n) is 6.56. The molecule has 1 saturated heterocycles. The SMILES string of the molecule is Cc1ccc(F)c(-c2ncccn2)c1C(=O)N1CCC[C@@H](C)[C@H]1CNc1nc2ccc(F)cc2o1. The first-order valence-corrected chi connectivity index (χ1v) is 11.6. The van der Waals surface area contributed by atoms with Crippen LogP contribution >= 0.6 is 0 Å². The number of aromatic nitrogens is 3. The Morgan fingerprint density at radius 1 is 1.20 bits per heavy atom. The van der Waals surface area contributed by atoms with Crippen LogP contribution in [0.5, 0.6) is 0 Å². The van der Waals surface area contributed by atoms with Crippen molar-refractivity contribution < 1.29 is 18.0 Å². The van der Waals surface area contributed by atoms with Crippen molar-refractivity contribution in [1.82, 2.24) is 19.9 Å². The number of piperidine rings is 1. The lowest BCUT2D eigenvalue weighted by Crippen LogP contribution is -2.51. The van der Waals surface area contributed by atoms with Crippen LogP contribution in [0.3, 0.4) is 0 Å². The van der Waals surface area contributed by atoms with Crippen LogP contribution in [0.4, 0.5) is 14.8 Å². The second-order valence-electron chi connectivity index (χ2n) is 8.88. The van der Waals surface area contributed by atoms with Crippen molar-refractivity contribution in [1.29, 1.82) is 0 Å². The normalized spacial score (nSPS) is 18.1. The molecule has 1 N–H and O–H groups in total. The van der Waals surface area contributed by atoms with E-state index in [2.05, 4.69) is 27.2 Å². The lowest BCUT2D eigenvalue weighted by Gasteiger charge is -2.40. The number of halogens is 2. The minimum absolute atomic E-state index is 0.113. The highest BCUT2D eigenvalue weighted by Crippen LogP contribution is 2.32. The van der Waals surface area contributed by atoms with Gasteiger partial charge in [0.15, 0.2) is 11.4 Å². The predicted molar refractivity (Wildman–Crippen MR) is 128 cm³/mol. The number of anilines is 1. The van der Waals surface area contributed by atoms with E-state index in [9.17, 15) is 9.18 Å². The van der Waals surface area contributed by atoms with E-state index in [0.29, 0.717) is 29.8 Å². The highest BCUT2D eigenvalue weighted by atomic mass is 19.1. The fraction of sp³-hybridized carbons (Fsp3) is 0.308. The standard InChI is InChI=1S/C26H25F2N5O2/c1-15-5-3-12-33(20(15)14-31-26-32-19-9-7-17(27)13-21(19)35-26)25(34)22-16(2)6-8-18(28)23(22)24-29-10-4-11-30-24/h4,6-11,13,15,20H,3,5,12,14H2,1-2H3,(H,31,32)/t15-,20-/m1/s1. The minimum atomic E-state index is -0.538. The van der Waals surface area contributed by atoms with Crippen molar-refractivity contribution in [3.8, 4) is 11.4 Å². The number of amides is 1. The van der Waals surface area contributed by atoms with Gasteiger partial charge in [-0.25, -0.2) is 18.7 Å². The van der Waals surface area contributed by atoms with Crippen LogP contribution in [0.1, 0.15) is 35.7 Å². The van der Waals surface area contributed by atoms with E-state index in [-0.39, 0.29) is 40.8 Å². The van der Waals surface area contributed by atoms with Gasteiger partial charge in [0.05, 0.1) is 17.2 Å². The number of hydrogen-bond acceptors (Lipinski definition) is 6. The molecule has 35 heavy (non-hydrogen) atoms. The molecule has 0 saturated carbocycles. The summed E-state index contributed by atoms with van der Waals surface area (Å²) >= 11 is 0. The summed E-state index contributed by atoms with van der Waals surface area (Å²) in [5.41, 5.74) is 1.93. The van der Waals surface area contributed by atoms with E-state index >= 15 is 4.39 Å². The highest BCUT2D eigenvalue weighted by Gasteiger charge is 2.35. The van der Waals surface area contributed by atoms with E-state index in [1.54, 1.807) is 30.0 Å². The van der Waals surface area contributed by atoms with Gasteiger partial charge < -0.3 is 14.6 Å². The smallest absolute Gasteiger partial charge is 0.295 e. The van der Waals surface area contributed by atoms with Crippen LogP contribution in [0.25, 0.3) is 22.5 Å². The van der Waals surface area contributed by atoms with Crippen LogP contribution in [0.15, 0.2) is 53.2 Å². The van der Waals surface area contributed by atoms with Gasteiger partial charge in [-0.2, -0.15) is 4.98 Å². The van der Waals surface area contributed by atoms with Crippen LogP contribution < -0.4 is 5.32 Å². The average Bonchev–Trinajstić information content (AvgIpc) is 3.26. The zero-order valence-electron chi connectivity index (χ0n) is 19.5. The lowest BCUT2D eigenvalue weighted by molar-refractivity contribution is 0.0539. The van der Waals surface area contributed by atoms with Gasteiger partial charge in [-0.05, 0) is 55.5 Å². The number of likely N-dealkylation sites (tertiary alicyclic amines) is 1. The summed E-state index contributed by atoms with van der Waals surface area (Å²) in [4.78, 5) is 28.4. The summed E-state index contributed by atoms with van der Waals surface area (Å²) in [6, 6.07) is 8.83. The molecule has 3 heterocycles. The maximum atomic E-state index is 15.0. The molecule has 9 heteroatoms. The topological polar surface area (TPSA) is 84.2 Å². The first-order valence-electron chi connectivity index (χ1n) is 11.6. The number of carbonyl (C=O) groups excluding carboxylic acids is 1. The number of hydrogen-bond donors (Lipinski definition) is 1. The number of benzene rings is 2. The molecule has 180 valence electrons. The van der Waals surface area contributed by atoms with Gasteiger partial charge in [-0.15, -0.1) is 0 Å². The number of rotatable bonds is 5. The zero-order valence-corrected chi connectivity index (χ0v) is 19.5. The zero-order chi connectivity index (χ0) is 24.5. The molecule has 1 fully saturated rings. The number of nitrogens with one attached hydrogen (secondary N) is 1. The summed E-state index contributed by atoms with van der Waals surface area (Å²) in [5, 5.41) is 3.17. The molecule has 0 aliphatic carbocycles. The number of nitrogens with zero attached hydrogens (tertiary/aromatic N) is 4. The summed E-state index contributed by atoms with van der Waals surface area (Å²) in [7, 11) is 0. The predicted octanol–water partition coefficient (Wildman–Crippen LogP) is 5.22. The molecule has 1 aliphatic rings. The maximum Gasteiger partial charge on any atom is 0.295 e. The fourth-order valence-electron chi connectivity index (χ4n) is 4.73. The van der Waals surface area contributed by atoms with Crippen molar-refractivity contribution in [3.63, 3.8) is 0 Å². The van der Waals surface area contributed by atoms with Gasteiger partial charge in [0.1, 0.15) is 17.2 Å². The van der Waals surface area contributed by atoms with E-state index in [0.717, 1.165) is 12.8 Å². The van der Waals surface area contributed by atoms with Crippen molar-refractivity contribution in [2.75, 3.05) is 18.4 Å². The quantitative estimate of drug-likeness (QED) is 0.424. The summed E-state index contributed by atoms with van der Waals surface area (Å²) < 4.78 is 34.1. The Labute approximate surface area is 201 Å². The molecule has 0 radical (unpaired) electrons. The summed E-state index contributed by atoms with van der Waals surface area (Å²) in [6.45, 7) is 4.80. The molecule has 4 aromatic rings. The first-order chi connectivity index (χ1) is 16.9. The summed E-state index contributed by atoms with van der Waals surface area (Å²) in [5.74, 6) is -0.838. The first kappa shape index (κ1) is 22.9. The number of aryl methyl sites for hydroxylation is 1. The van der Waals surface area contributed by atoms with E-state index in [4.69, 9.17) is 4.42 Å². The fourth-order valence-corrected chi connectivity index (χ4v) is 4.73. The molecule has 7 nitrogen and oxygen atoms in total. The van der Waals surface area contributed by atoms with Gasteiger partial charge in [0, 0.05) is 31.5 Å². The lowest BCUT2D eigenvalue weighted by atomic mass is 9.89. The van der Waals surface area contributed by atoms with Gasteiger partial charge in [-0.3, -0.25) is 4.79 Å². The largest absolute Gasteiger partial charge is 0.423 e. The maximum absolute atomic E-state index is 15.0. The Kier molecular flexibility index (Phi) is 6.15. The average molecular weight is 478 g/mol. The van der Waals surface area contributed by atoms with Gasteiger partial charge in [0.25, 0.3) is 11.9 Å². The van der Waals surface area contributed by atoms with Crippen LogP contribution in [-0.4, -0.2) is 44.9 Å². The van der Waals surface area contributed by atoms with Crippen molar-refractivity contribution >= 4 is 23.0 Å². The van der Waals surface area contributed by atoms with Crippen molar-refractivity contribution in [2.24, 2.45) is 5.92 Å². The van der Waals surface area contributed by atoms with Crippen LogP contribution in [-0.2, 0) is 0 Å². The molecule has 0 bridgehead atoms. The third kappa shape index (κ3) is 4.45. The Balaban J connectivity index is 1.45. The monoisotopic (exact) mass is 477 g/mol. The Morgan fingerprint density at radius 2 is 2.00 bits per heavy atom. The van der Waals surface area contributed by atoms with Crippen molar-refractivity contribution in [2.45, 2.75) is 32.7 Å². The molecule has 2 aromatic heterocycles. The van der Waals surface area contributed by atoms with Gasteiger partial charge in [-0.1, -0.05) is 13.0 Å². The molecule has 1 aliphatic heterocycles. The molecule has 2 atom stereocenters. The van der Waals surface area contributed by atoms with Crippen LogP contribution in [0.2, 0.25) is 0 Å². The Morgan fingerprint density at radius 3 is 2.80 bits per heavy atom. The molecule has 2 aromatic carbocycles. The number of carbonyl (C=O) groups is 1. The minimum Gasteiger partial charge on any atom is -0.423 e. The van der Waals surface area contributed by atoms with Crippen molar-refractivity contribution in [3.05, 3.63) is 71.6 Å².